The first-order valence-electron chi connectivity index (χ1n) is 6.08. The summed E-state index contributed by atoms with van der Waals surface area (Å²) in [6, 6.07) is 6.16. The fourth-order valence-electron chi connectivity index (χ4n) is 1.84. The number of ether oxygens (including phenoxy) is 1. The number of carbonyl (C=O) groups is 2. The van der Waals surface area contributed by atoms with Crippen molar-refractivity contribution in [1.82, 2.24) is 10.2 Å². The number of cyclic esters (lactones) is 1. The maximum absolute atomic E-state index is 13.3. The molecule has 1 aromatic carbocycles. The Hall–Kier alpha value is -2.11. The monoisotopic (exact) mass is 266 g/mol. The number of rotatable bonds is 5. The molecule has 1 aliphatic heterocycles. The van der Waals surface area contributed by atoms with Crippen LogP contribution < -0.4 is 5.32 Å². The lowest BCUT2D eigenvalue weighted by Crippen LogP contribution is -2.36. The van der Waals surface area contributed by atoms with Crippen molar-refractivity contribution in [1.29, 1.82) is 0 Å². The summed E-state index contributed by atoms with van der Waals surface area (Å²) in [5, 5.41) is 2.65. The van der Waals surface area contributed by atoms with Gasteiger partial charge in [0.1, 0.15) is 12.4 Å². The van der Waals surface area contributed by atoms with E-state index in [2.05, 4.69) is 5.32 Å². The van der Waals surface area contributed by atoms with Crippen LogP contribution in [0.4, 0.5) is 9.18 Å². The van der Waals surface area contributed by atoms with Crippen molar-refractivity contribution >= 4 is 12.0 Å². The zero-order valence-electron chi connectivity index (χ0n) is 10.4. The molecule has 0 aromatic heterocycles. The molecular weight excluding hydrogens is 251 g/mol. The molecule has 1 fully saturated rings. The largest absolute Gasteiger partial charge is 0.448 e. The third kappa shape index (κ3) is 3.67. The maximum atomic E-state index is 13.3. The fourth-order valence-corrected chi connectivity index (χ4v) is 1.84. The first-order chi connectivity index (χ1) is 9.16. The van der Waals surface area contributed by atoms with E-state index in [0.717, 1.165) is 0 Å². The van der Waals surface area contributed by atoms with Crippen molar-refractivity contribution in [3.05, 3.63) is 35.6 Å². The number of nitrogens with zero attached hydrogens (tertiary/aromatic N) is 1. The molecule has 19 heavy (non-hydrogen) atoms. The average Bonchev–Trinajstić information content (AvgIpc) is 2.78. The van der Waals surface area contributed by atoms with Gasteiger partial charge in [0.2, 0.25) is 5.91 Å². The average molecular weight is 266 g/mol. The zero-order chi connectivity index (χ0) is 13.7. The van der Waals surface area contributed by atoms with Gasteiger partial charge in [-0.05, 0) is 11.6 Å². The Morgan fingerprint density at radius 1 is 1.42 bits per heavy atom. The van der Waals surface area contributed by atoms with Crippen LogP contribution in [0.2, 0.25) is 0 Å². The molecule has 1 aromatic rings. The van der Waals surface area contributed by atoms with E-state index in [1.54, 1.807) is 18.2 Å². The molecule has 1 heterocycles. The predicted octanol–water partition coefficient (Wildman–Crippen LogP) is 0.937. The summed E-state index contributed by atoms with van der Waals surface area (Å²) in [6.45, 7) is 1.67. The van der Waals surface area contributed by atoms with Crippen molar-refractivity contribution in [2.24, 2.45) is 0 Å². The molecule has 0 radical (unpaired) electrons. The molecule has 5 nitrogen and oxygen atoms in total. The Morgan fingerprint density at radius 3 is 2.89 bits per heavy atom. The van der Waals surface area contributed by atoms with Crippen LogP contribution >= 0.6 is 0 Å². The lowest BCUT2D eigenvalue weighted by Gasteiger charge is -2.12. The predicted molar refractivity (Wildman–Crippen MR) is 66.0 cm³/mol. The first-order valence-corrected chi connectivity index (χ1v) is 6.08. The van der Waals surface area contributed by atoms with Gasteiger partial charge in [-0.2, -0.15) is 0 Å². The van der Waals surface area contributed by atoms with Crippen LogP contribution in [-0.2, 0) is 16.0 Å². The van der Waals surface area contributed by atoms with Gasteiger partial charge < -0.3 is 15.0 Å². The van der Waals surface area contributed by atoms with Crippen LogP contribution in [-0.4, -0.2) is 43.1 Å². The summed E-state index contributed by atoms with van der Waals surface area (Å²) in [5.74, 6) is -0.654. The molecule has 1 saturated heterocycles. The molecule has 1 N–H and O–H groups in total. The van der Waals surface area contributed by atoms with Gasteiger partial charge in [0.25, 0.3) is 0 Å². The van der Waals surface area contributed by atoms with E-state index in [1.165, 1.54) is 11.0 Å². The molecule has 2 amide bonds. The van der Waals surface area contributed by atoms with E-state index in [9.17, 15) is 14.0 Å². The molecule has 0 bridgehead atoms. The number of halogens is 1. The van der Waals surface area contributed by atoms with Crippen LogP contribution in [0.1, 0.15) is 5.56 Å². The van der Waals surface area contributed by atoms with Gasteiger partial charge in [0.15, 0.2) is 0 Å². The van der Waals surface area contributed by atoms with Crippen LogP contribution in [0.15, 0.2) is 24.3 Å². The summed E-state index contributed by atoms with van der Waals surface area (Å²) in [5.41, 5.74) is 0.362. The Bertz CT molecular complexity index is 479. The second kappa shape index (κ2) is 6.17. The van der Waals surface area contributed by atoms with Crippen molar-refractivity contribution in [2.45, 2.75) is 6.42 Å². The first kappa shape index (κ1) is 13.3. The number of carbonyl (C=O) groups excluding carboxylic acids is 2. The molecule has 6 heteroatoms. The molecule has 0 aliphatic carbocycles. The van der Waals surface area contributed by atoms with Crippen LogP contribution in [0, 0.1) is 5.82 Å². The molecule has 102 valence electrons. The van der Waals surface area contributed by atoms with Gasteiger partial charge in [-0.3, -0.25) is 4.79 Å². The lowest BCUT2D eigenvalue weighted by molar-refractivity contribution is -0.120. The van der Waals surface area contributed by atoms with E-state index in [0.29, 0.717) is 31.8 Å². The molecule has 2 rings (SSSR count). The van der Waals surface area contributed by atoms with Crippen molar-refractivity contribution in [3.63, 3.8) is 0 Å². The Morgan fingerprint density at radius 2 is 2.21 bits per heavy atom. The highest BCUT2D eigenvalue weighted by Crippen LogP contribution is 2.06. The molecule has 0 saturated carbocycles. The second-order valence-electron chi connectivity index (χ2n) is 4.22. The molecule has 0 atom stereocenters. The Labute approximate surface area is 110 Å². The highest BCUT2D eigenvalue weighted by atomic mass is 19.1. The third-order valence-corrected chi connectivity index (χ3v) is 2.86. The fraction of sp³-hybridized carbons (Fsp3) is 0.385. The maximum Gasteiger partial charge on any atom is 0.409 e. The molecule has 0 unspecified atom stereocenters. The van der Waals surface area contributed by atoms with E-state index in [-0.39, 0.29) is 24.2 Å². The van der Waals surface area contributed by atoms with Crippen molar-refractivity contribution < 1.29 is 18.7 Å². The minimum Gasteiger partial charge on any atom is -0.448 e. The molecule has 1 aliphatic rings. The highest BCUT2D eigenvalue weighted by Gasteiger charge is 2.21. The minimum atomic E-state index is -0.388. The van der Waals surface area contributed by atoms with Gasteiger partial charge in [-0.1, -0.05) is 18.2 Å². The summed E-state index contributed by atoms with van der Waals surface area (Å²) >= 11 is 0. The highest BCUT2D eigenvalue weighted by molar-refractivity contribution is 5.78. The van der Waals surface area contributed by atoms with Crippen LogP contribution in [0.5, 0.6) is 0 Å². The van der Waals surface area contributed by atoms with Gasteiger partial charge in [-0.15, -0.1) is 0 Å². The number of benzene rings is 1. The Kier molecular flexibility index (Phi) is 4.33. The smallest absolute Gasteiger partial charge is 0.409 e. The van der Waals surface area contributed by atoms with Crippen LogP contribution in [0.3, 0.4) is 0 Å². The summed E-state index contributed by atoms with van der Waals surface area (Å²) in [7, 11) is 0. The van der Waals surface area contributed by atoms with Gasteiger partial charge in [-0.25, -0.2) is 9.18 Å². The van der Waals surface area contributed by atoms with E-state index < -0.39 is 0 Å². The number of hydrogen-bond donors (Lipinski definition) is 1. The summed E-state index contributed by atoms with van der Waals surface area (Å²) in [6.07, 6.45) is -0.361. The van der Waals surface area contributed by atoms with E-state index >= 15 is 0 Å². The standard InChI is InChI=1S/C13H15FN2O3/c14-11-4-2-1-3-10(11)9-12(17)15-5-6-16-7-8-19-13(16)18/h1-4H,5-9H2,(H,15,17). The zero-order valence-corrected chi connectivity index (χ0v) is 10.4. The SMILES string of the molecule is O=C(Cc1ccccc1F)NCCN1CCOC1=O. The van der Waals surface area contributed by atoms with Crippen molar-refractivity contribution in [2.75, 3.05) is 26.2 Å². The quantitative estimate of drug-likeness (QED) is 0.862. The summed E-state index contributed by atoms with van der Waals surface area (Å²) < 4.78 is 18.1. The third-order valence-electron chi connectivity index (χ3n) is 2.86. The van der Waals surface area contributed by atoms with Crippen molar-refractivity contribution in [3.8, 4) is 0 Å². The second-order valence-corrected chi connectivity index (χ2v) is 4.22. The lowest BCUT2D eigenvalue weighted by atomic mass is 10.1. The normalized spacial score (nSPS) is 14.4. The van der Waals surface area contributed by atoms with Gasteiger partial charge >= 0.3 is 6.09 Å². The van der Waals surface area contributed by atoms with Gasteiger partial charge in [0, 0.05) is 13.1 Å². The topological polar surface area (TPSA) is 58.6 Å². The van der Waals surface area contributed by atoms with Crippen LogP contribution in [0.25, 0.3) is 0 Å². The Balaban J connectivity index is 1.73. The molecule has 0 spiro atoms. The van der Waals surface area contributed by atoms with E-state index in [1.807, 2.05) is 0 Å². The minimum absolute atomic E-state index is 0.00286. The summed E-state index contributed by atoms with van der Waals surface area (Å²) in [4.78, 5) is 24.3. The number of amides is 2. The van der Waals surface area contributed by atoms with E-state index in [4.69, 9.17) is 4.74 Å². The molecular formula is C13H15FN2O3. The van der Waals surface area contributed by atoms with Gasteiger partial charge in [0.05, 0.1) is 13.0 Å². The number of hydrogen-bond acceptors (Lipinski definition) is 3. The number of nitrogens with one attached hydrogen (secondary N) is 1.